The van der Waals surface area contributed by atoms with Crippen LogP contribution in [0.2, 0.25) is 0 Å². The number of nitrogens with zero attached hydrogens (tertiary/aromatic N) is 4. The van der Waals surface area contributed by atoms with Crippen LogP contribution in [0.1, 0.15) is 30.3 Å². The van der Waals surface area contributed by atoms with Gasteiger partial charge in [0.1, 0.15) is 0 Å². The highest BCUT2D eigenvalue weighted by Crippen LogP contribution is 2.32. The van der Waals surface area contributed by atoms with Crippen LogP contribution in [0.3, 0.4) is 0 Å². The van der Waals surface area contributed by atoms with Crippen molar-refractivity contribution in [2.24, 2.45) is 5.92 Å². The maximum absolute atomic E-state index is 5.39. The summed E-state index contributed by atoms with van der Waals surface area (Å²) in [7, 11) is 1.67. The average molecular weight is 232 g/mol. The van der Waals surface area contributed by atoms with Crippen molar-refractivity contribution in [3.8, 4) is 5.88 Å². The van der Waals surface area contributed by atoms with Gasteiger partial charge in [-0.25, -0.2) is 0 Å². The fourth-order valence-corrected chi connectivity index (χ4v) is 2.56. The predicted octanol–water partition coefficient (Wildman–Crippen LogP) is 1.57. The van der Waals surface area contributed by atoms with Crippen LogP contribution in [-0.2, 0) is 12.8 Å². The van der Waals surface area contributed by atoms with Gasteiger partial charge in [-0.15, -0.1) is 15.3 Å². The molecule has 3 rings (SSSR count). The SMILES string of the molecule is COc1nn2c(C)nnc2c2c1CCC(C)C2. The molecule has 0 N–H and O–H groups in total. The first kappa shape index (κ1) is 10.5. The summed E-state index contributed by atoms with van der Waals surface area (Å²) in [6.45, 7) is 4.18. The van der Waals surface area contributed by atoms with Crippen molar-refractivity contribution in [1.29, 1.82) is 0 Å². The highest BCUT2D eigenvalue weighted by Gasteiger charge is 2.24. The van der Waals surface area contributed by atoms with E-state index in [4.69, 9.17) is 4.74 Å². The van der Waals surface area contributed by atoms with Crippen molar-refractivity contribution >= 4 is 5.65 Å². The lowest BCUT2D eigenvalue weighted by molar-refractivity contribution is 0.374. The van der Waals surface area contributed by atoms with Gasteiger partial charge in [-0.2, -0.15) is 4.52 Å². The van der Waals surface area contributed by atoms with Crippen LogP contribution < -0.4 is 4.74 Å². The van der Waals surface area contributed by atoms with Gasteiger partial charge in [-0.05, 0) is 32.1 Å². The number of hydrogen-bond donors (Lipinski definition) is 0. The van der Waals surface area contributed by atoms with Gasteiger partial charge in [-0.3, -0.25) is 0 Å². The van der Waals surface area contributed by atoms with E-state index in [1.54, 1.807) is 11.6 Å². The second-order valence-corrected chi connectivity index (χ2v) is 4.80. The molecule has 5 heteroatoms. The molecule has 0 saturated carbocycles. The summed E-state index contributed by atoms with van der Waals surface area (Å²) in [4.78, 5) is 0. The minimum Gasteiger partial charge on any atom is -0.480 e. The number of aromatic nitrogens is 4. The fraction of sp³-hybridized carbons (Fsp3) is 0.583. The van der Waals surface area contributed by atoms with E-state index in [9.17, 15) is 0 Å². The molecule has 0 saturated heterocycles. The monoisotopic (exact) mass is 232 g/mol. The molecule has 1 atom stereocenters. The van der Waals surface area contributed by atoms with E-state index in [1.165, 1.54) is 17.5 Å². The van der Waals surface area contributed by atoms with Gasteiger partial charge < -0.3 is 4.74 Å². The van der Waals surface area contributed by atoms with Gasteiger partial charge in [-0.1, -0.05) is 6.92 Å². The van der Waals surface area contributed by atoms with E-state index in [1.807, 2.05) is 6.92 Å². The van der Waals surface area contributed by atoms with Crippen LogP contribution >= 0.6 is 0 Å². The van der Waals surface area contributed by atoms with Gasteiger partial charge in [0.2, 0.25) is 5.88 Å². The topological polar surface area (TPSA) is 52.3 Å². The Morgan fingerprint density at radius 1 is 1.29 bits per heavy atom. The summed E-state index contributed by atoms with van der Waals surface area (Å²) in [6.07, 6.45) is 3.25. The molecule has 17 heavy (non-hydrogen) atoms. The third-order valence-corrected chi connectivity index (χ3v) is 3.51. The summed E-state index contributed by atoms with van der Waals surface area (Å²) in [5.41, 5.74) is 3.37. The second kappa shape index (κ2) is 3.68. The van der Waals surface area contributed by atoms with Gasteiger partial charge in [0.05, 0.1) is 7.11 Å². The highest BCUT2D eigenvalue weighted by molar-refractivity contribution is 5.54. The van der Waals surface area contributed by atoms with E-state index >= 15 is 0 Å². The number of ether oxygens (including phenoxy) is 1. The normalized spacial score (nSPS) is 19.4. The first-order valence-electron chi connectivity index (χ1n) is 5.98. The second-order valence-electron chi connectivity index (χ2n) is 4.80. The molecule has 0 radical (unpaired) electrons. The predicted molar refractivity (Wildman–Crippen MR) is 63.3 cm³/mol. The number of methoxy groups -OCH3 is 1. The van der Waals surface area contributed by atoms with E-state index in [-0.39, 0.29) is 0 Å². The molecule has 0 amide bonds. The maximum atomic E-state index is 5.39. The summed E-state index contributed by atoms with van der Waals surface area (Å²) >= 11 is 0. The molecule has 5 nitrogen and oxygen atoms in total. The van der Waals surface area contributed by atoms with Gasteiger partial charge in [0, 0.05) is 11.1 Å². The third kappa shape index (κ3) is 1.49. The minimum atomic E-state index is 0.690. The smallest absolute Gasteiger partial charge is 0.235 e. The number of rotatable bonds is 1. The summed E-state index contributed by atoms with van der Waals surface area (Å²) < 4.78 is 7.18. The Kier molecular flexibility index (Phi) is 2.28. The molecule has 2 aromatic rings. The van der Waals surface area contributed by atoms with Crippen LogP contribution in [0.4, 0.5) is 0 Å². The molecule has 2 heterocycles. The standard InChI is InChI=1S/C12H16N4O/c1-7-4-5-9-10(6-7)11-14-13-8(2)16(11)15-12(9)17-3/h7H,4-6H2,1-3H3. The molecule has 2 aromatic heterocycles. The van der Waals surface area contributed by atoms with Crippen molar-refractivity contribution in [1.82, 2.24) is 19.8 Å². The van der Waals surface area contributed by atoms with Crippen LogP contribution in [0, 0.1) is 12.8 Å². The molecular formula is C12H16N4O. The lowest BCUT2D eigenvalue weighted by Gasteiger charge is -2.22. The molecular weight excluding hydrogens is 216 g/mol. The summed E-state index contributed by atoms with van der Waals surface area (Å²) in [5, 5.41) is 12.8. The van der Waals surface area contributed by atoms with Gasteiger partial charge in [0.25, 0.3) is 0 Å². The van der Waals surface area contributed by atoms with Crippen LogP contribution in [0.25, 0.3) is 5.65 Å². The molecule has 0 fully saturated rings. The number of hydrogen-bond acceptors (Lipinski definition) is 4. The van der Waals surface area contributed by atoms with Gasteiger partial charge in [0.15, 0.2) is 11.5 Å². The molecule has 0 aliphatic heterocycles. The number of aryl methyl sites for hydroxylation is 1. The van der Waals surface area contributed by atoms with E-state index in [0.29, 0.717) is 5.92 Å². The van der Waals surface area contributed by atoms with Crippen LogP contribution in [-0.4, -0.2) is 26.9 Å². The molecule has 0 bridgehead atoms. The molecule has 0 spiro atoms. The molecule has 1 aliphatic rings. The molecule has 0 aromatic carbocycles. The zero-order valence-corrected chi connectivity index (χ0v) is 10.4. The van der Waals surface area contributed by atoms with Crippen molar-refractivity contribution in [3.63, 3.8) is 0 Å². The van der Waals surface area contributed by atoms with E-state index in [0.717, 1.165) is 30.2 Å². The first-order chi connectivity index (χ1) is 8.20. The molecule has 1 aliphatic carbocycles. The number of fused-ring (bicyclic) bond motifs is 3. The summed E-state index contributed by atoms with van der Waals surface area (Å²) in [5.74, 6) is 2.22. The summed E-state index contributed by atoms with van der Waals surface area (Å²) in [6, 6.07) is 0. The largest absolute Gasteiger partial charge is 0.480 e. The Hall–Kier alpha value is -1.65. The first-order valence-corrected chi connectivity index (χ1v) is 5.98. The molecule has 1 unspecified atom stereocenters. The maximum Gasteiger partial charge on any atom is 0.235 e. The van der Waals surface area contributed by atoms with Crippen molar-refractivity contribution in [2.45, 2.75) is 33.1 Å². The Bertz CT molecular complexity index is 575. The third-order valence-electron chi connectivity index (χ3n) is 3.51. The zero-order valence-electron chi connectivity index (χ0n) is 10.4. The Labute approximate surface area is 99.8 Å². The zero-order chi connectivity index (χ0) is 12.0. The minimum absolute atomic E-state index is 0.690. The Morgan fingerprint density at radius 2 is 2.12 bits per heavy atom. The van der Waals surface area contributed by atoms with Crippen molar-refractivity contribution in [2.75, 3.05) is 7.11 Å². The van der Waals surface area contributed by atoms with E-state index in [2.05, 4.69) is 22.2 Å². The Balaban J connectivity index is 2.32. The average Bonchev–Trinajstić information content (AvgIpc) is 2.70. The highest BCUT2D eigenvalue weighted by atomic mass is 16.5. The lowest BCUT2D eigenvalue weighted by Crippen LogP contribution is -2.16. The quantitative estimate of drug-likeness (QED) is 0.748. The fourth-order valence-electron chi connectivity index (χ4n) is 2.56. The Morgan fingerprint density at radius 3 is 2.88 bits per heavy atom. The lowest BCUT2D eigenvalue weighted by atomic mass is 9.86. The molecule has 90 valence electrons. The van der Waals surface area contributed by atoms with Gasteiger partial charge >= 0.3 is 0 Å². The van der Waals surface area contributed by atoms with E-state index < -0.39 is 0 Å². The van der Waals surface area contributed by atoms with Crippen LogP contribution in [0.15, 0.2) is 0 Å². The van der Waals surface area contributed by atoms with Crippen molar-refractivity contribution in [3.05, 3.63) is 17.0 Å². The van der Waals surface area contributed by atoms with Crippen LogP contribution in [0.5, 0.6) is 5.88 Å². The van der Waals surface area contributed by atoms with Crippen molar-refractivity contribution < 1.29 is 4.74 Å².